The minimum atomic E-state index is -1.26. The third kappa shape index (κ3) is 3.08. The number of barbiturate groups is 1. The molecule has 2 rings (SSSR count). The maximum Gasteiger partial charge on any atom is 0.332 e. The fourth-order valence-electron chi connectivity index (χ4n) is 2.75. The van der Waals surface area contributed by atoms with Crippen LogP contribution in [0.25, 0.3) is 0 Å². The Morgan fingerprint density at radius 2 is 1.62 bits per heavy atom. The topological polar surface area (TPSA) is 104 Å². The van der Waals surface area contributed by atoms with E-state index in [2.05, 4.69) is 0 Å². The summed E-state index contributed by atoms with van der Waals surface area (Å²) in [6.45, 7) is 0. The second-order valence-corrected chi connectivity index (χ2v) is 5.53. The normalized spacial score (nSPS) is 17.2. The first-order valence-corrected chi connectivity index (χ1v) is 7.22. The average Bonchev–Trinajstić information content (AvgIpc) is 2.57. The average molecular weight is 334 g/mol. The molecule has 0 aliphatic carbocycles. The standard InChI is InChI=1S/C16H18N2O6/c1-17-14(21)13(15(22)18(2)16(17)23)11(8-12(19)20)9-4-6-10(24-3)7-5-9/h4-7,11,13H,8H2,1-3H3,(H,19,20). The van der Waals surface area contributed by atoms with Crippen molar-refractivity contribution in [3.8, 4) is 5.75 Å². The molecular formula is C16H18N2O6. The lowest BCUT2D eigenvalue weighted by molar-refractivity contribution is -0.149. The molecule has 8 heteroatoms. The number of carboxylic acid groups (broad SMARTS) is 1. The molecule has 0 spiro atoms. The van der Waals surface area contributed by atoms with Crippen LogP contribution in [0.1, 0.15) is 17.9 Å². The number of nitrogens with zero attached hydrogens (tertiary/aromatic N) is 2. The number of rotatable bonds is 5. The van der Waals surface area contributed by atoms with Crippen molar-refractivity contribution < 1.29 is 29.0 Å². The van der Waals surface area contributed by atoms with Crippen LogP contribution in [0.2, 0.25) is 0 Å². The van der Waals surface area contributed by atoms with E-state index in [4.69, 9.17) is 4.74 Å². The van der Waals surface area contributed by atoms with E-state index in [-0.39, 0.29) is 0 Å². The van der Waals surface area contributed by atoms with E-state index in [1.54, 1.807) is 24.3 Å². The Labute approximate surface area is 138 Å². The number of carbonyl (C=O) groups excluding carboxylic acids is 3. The van der Waals surface area contributed by atoms with Gasteiger partial charge in [0.15, 0.2) is 0 Å². The number of hydrogen-bond donors (Lipinski definition) is 1. The Balaban J connectivity index is 2.45. The molecule has 0 saturated carbocycles. The summed E-state index contributed by atoms with van der Waals surface area (Å²) >= 11 is 0. The molecule has 1 fully saturated rings. The van der Waals surface area contributed by atoms with Crippen LogP contribution in [0.5, 0.6) is 5.75 Å². The summed E-state index contributed by atoms with van der Waals surface area (Å²) in [4.78, 5) is 49.7. The quantitative estimate of drug-likeness (QED) is 0.803. The van der Waals surface area contributed by atoms with Gasteiger partial charge >= 0.3 is 12.0 Å². The van der Waals surface area contributed by atoms with E-state index in [1.165, 1.54) is 21.2 Å². The molecule has 1 atom stereocenters. The molecule has 1 aromatic carbocycles. The summed E-state index contributed by atoms with van der Waals surface area (Å²) in [6, 6.07) is 5.75. The predicted octanol–water partition coefficient (Wildman–Crippen LogP) is 0.920. The SMILES string of the molecule is COc1ccc(C(CC(=O)O)C2C(=O)N(C)C(=O)N(C)C2=O)cc1. The predicted molar refractivity (Wildman–Crippen MR) is 82.4 cm³/mol. The number of urea groups is 1. The van der Waals surface area contributed by atoms with Crippen molar-refractivity contribution in [3.05, 3.63) is 29.8 Å². The van der Waals surface area contributed by atoms with Gasteiger partial charge in [0.05, 0.1) is 13.5 Å². The highest BCUT2D eigenvalue weighted by Crippen LogP contribution is 2.34. The van der Waals surface area contributed by atoms with Crippen LogP contribution >= 0.6 is 0 Å². The van der Waals surface area contributed by atoms with Crippen molar-refractivity contribution in [1.29, 1.82) is 0 Å². The summed E-state index contributed by atoms with van der Waals surface area (Å²) in [5, 5.41) is 9.19. The zero-order chi connectivity index (χ0) is 18.0. The van der Waals surface area contributed by atoms with Gasteiger partial charge in [0.25, 0.3) is 0 Å². The minimum absolute atomic E-state index is 0.412. The zero-order valence-electron chi connectivity index (χ0n) is 13.6. The maximum absolute atomic E-state index is 12.5. The van der Waals surface area contributed by atoms with E-state index in [0.717, 1.165) is 9.80 Å². The highest BCUT2D eigenvalue weighted by Gasteiger charge is 2.47. The molecule has 1 aromatic rings. The zero-order valence-corrected chi connectivity index (χ0v) is 13.6. The van der Waals surface area contributed by atoms with Crippen LogP contribution in [0, 0.1) is 5.92 Å². The van der Waals surface area contributed by atoms with Gasteiger partial charge in [0, 0.05) is 20.0 Å². The first-order valence-electron chi connectivity index (χ1n) is 7.22. The number of benzene rings is 1. The van der Waals surface area contributed by atoms with Gasteiger partial charge < -0.3 is 9.84 Å². The fraction of sp³-hybridized carbons (Fsp3) is 0.375. The van der Waals surface area contributed by atoms with Gasteiger partial charge in [0.2, 0.25) is 11.8 Å². The summed E-state index contributed by atoms with van der Waals surface area (Å²) in [7, 11) is 4.03. The lowest BCUT2D eigenvalue weighted by atomic mass is 9.81. The molecular weight excluding hydrogens is 316 g/mol. The van der Waals surface area contributed by atoms with E-state index >= 15 is 0 Å². The van der Waals surface area contributed by atoms with Gasteiger partial charge in [-0.2, -0.15) is 0 Å². The molecule has 4 amide bonds. The lowest BCUT2D eigenvalue weighted by Gasteiger charge is -2.36. The second kappa shape index (κ2) is 6.69. The number of ether oxygens (including phenoxy) is 1. The molecule has 1 saturated heterocycles. The molecule has 0 aromatic heterocycles. The Hall–Kier alpha value is -2.90. The van der Waals surface area contributed by atoms with Crippen LogP contribution in [-0.4, -0.2) is 59.9 Å². The molecule has 1 N–H and O–H groups in total. The first kappa shape index (κ1) is 17.5. The largest absolute Gasteiger partial charge is 0.497 e. The summed E-state index contributed by atoms with van der Waals surface area (Å²) in [5.41, 5.74) is 0.515. The van der Waals surface area contributed by atoms with E-state index in [0.29, 0.717) is 11.3 Å². The van der Waals surface area contributed by atoms with Crippen molar-refractivity contribution in [2.45, 2.75) is 12.3 Å². The number of imide groups is 2. The molecule has 128 valence electrons. The maximum atomic E-state index is 12.5. The van der Waals surface area contributed by atoms with Crippen LogP contribution in [0.3, 0.4) is 0 Å². The third-order valence-corrected chi connectivity index (χ3v) is 4.11. The van der Waals surface area contributed by atoms with E-state index < -0.39 is 42.1 Å². The highest BCUT2D eigenvalue weighted by molar-refractivity contribution is 6.16. The Morgan fingerprint density at radius 3 is 2.04 bits per heavy atom. The van der Waals surface area contributed by atoms with Gasteiger partial charge in [-0.05, 0) is 17.7 Å². The second-order valence-electron chi connectivity index (χ2n) is 5.53. The molecule has 0 radical (unpaired) electrons. The minimum Gasteiger partial charge on any atom is -0.497 e. The molecule has 1 aliphatic heterocycles. The molecule has 1 aliphatic rings. The van der Waals surface area contributed by atoms with E-state index in [1.807, 2.05) is 0 Å². The first-order chi connectivity index (χ1) is 11.3. The molecule has 1 unspecified atom stereocenters. The fourth-order valence-corrected chi connectivity index (χ4v) is 2.75. The Kier molecular flexibility index (Phi) is 4.87. The van der Waals surface area contributed by atoms with Gasteiger partial charge in [-0.25, -0.2) is 4.79 Å². The van der Waals surface area contributed by atoms with E-state index in [9.17, 15) is 24.3 Å². The number of carboxylic acids is 1. The van der Waals surface area contributed by atoms with Crippen molar-refractivity contribution in [3.63, 3.8) is 0 Å². The van der Waals surface area contributed by atoms with Gasteiger partial charge in [0.1, 0.15) is 11.7 Å². The summed E-state index contributed by atoms with van der Waals surface area (Å²) in [5.74, 6) is -4.12. The van der Waals surface area contributed by atoms with Gasteiger partial charge in [-0.15, -0.1) is 0 Å². The third-order valence-electron chi connectivity index (χ3n) is 4.11. The van der Waals surface area contributed by atoms with Crippen molar-refractivity contribution in [1.82, 2.24) is 9.80 Å². The molecule has 8 nitrogen and oxygen atoms in total. The molecule has 1 heterocycles. The van der Waals surface area contributed by atoms with Crippen molar-refractivity contribution in [2.24, 2.45) is 5.92 Å². The number of aliphatic carboxylic acids is 1. The van der Waals surface area contributed by atoms with Crippen molar-refractivity contribution >= 4 is 23.8 Å². The summed E-state index contributed by atoms with van der Waals surface area (Å²) in [6.07, 6.45) is -0.412. The van der Waals surface area contributed by atoms with Crippen LogP contribution in [0.4, 0.5) is 4.79 Å². The van der Waals surface area contributed by atoms with Crippen LogP contribution < -0.4 is 4.74 Å². The van der Waals surface area contributed by atoms with Gasteiger partial charge in [-0.1, -0.05) is 12.1 Å². The number of methoxy groups -OCH3 is 1. The van der Waals surface area contributed by atoms with Gasteiger partial charge in [-0.3, -0.25) is 24.2 Å². The van der Waals surface area contributed by atoms with Crippen molar-refractivity contribution in [2.75, 3.05) is 21.2 Å². The molecule has 24 heavy (non-hydrogen) atoms. The summed E-state index contributed by atoms with van der Waals surface area (Å²) < 4.78 is 5.05. The van der Waals surface area contributed by atoms with Crippen LogP contribution in [-0.2, 0) is 14.4 Å². The smallest absolute Gasteiger partial charge is 0.332 e. The van der Waals surface area contributed by atoms with Crippen LogP contribution in [0.15, 0.2) is 24.3 Å². The number of hydrogen-bond acceptors (Lipinski definition) is 5. The Morgan fingerprint density at radius 1 is 1.12 bits per heavy atom. The monoisotopic (exact) mass is 334 g/mol. The Bertz CT molecular complexity index is 660. The molecule has 0 bridgehead atoms. The number of carbonyl (C=O) groups is 4. The lowest BCUT2D eigenvalue weighted by Crippen LogP contribution is -2.58. The number of amides is 4. The highest BCUT2D eigenvalue weighted by atomic mass is 16.5.